The van der Waals surface area contributed by atoms with Gasteiger partial charge in [-0.2, -0.15) is 0 Å². The van der Waals surface area contributed by atoms with E-state index < -0.39 is 0 Å². The molecule has 0 unspecified atom stereocenters. The minimum atomic E-state index is -0.0834. The molecule has 0 bridgehead atoms. The van der Waals surface area contributed by atoms with Gasteiger partial charge in [0.05, 0.1) is 11.4 Å². The fourth-order valence-corrected chi connectivity index (χ4v) is 4.71. The van der Waals surface area contributed by atoms with E-state index in [1.807, 2.05) is 11.4 Å². The molecule has 2 aromatic heterocycles. The number of hydrogen-bond donors (Lipinski definition) is 1. The minimum Gasteiger partial charge on any atom is -0.371 e. The number of nitrogens with one attached hydrogen (secondary N) is 1. The Bertz CT molecular complexity index is 1040. The highest BCUT2D eigenvalue weighted by Gasteiger charge is 2.18. The Balaban J connectivity index is 1.34. The van der Waals surface area contributed by atoms with Crippen LogP contribution in [-0.4, -0.2) is 34.1 Å². The molecule has 3 heterocycles. The smallest absolute Gasteiger partial charge is 0.258 e. The standard InChI is InChI=1S/C19H20N4O2S2/c1-2-22-6-5-13-3-4-14(9-16(13)22)20-17(24)12-26-11-15-10-18(25)23-7-8-27-19(23)21-15/h3-4,7-10H,2,5-6,11-12H2,1H3,(H,20,24). The minimum absolute atomic E-state index is 0.0464. The summed E-state index contributed by atoms with van der Waals surface area (Å²) in [6.07, 6.45) is 2.78. The van der Waals surface area contributed by atoms with Gasteiger partial charge in [0, 0.05) is 47.9 Å². The molecule has 0 radical (unpaired) electrons. The molecule has 4 rings (SSSR count). The lowest BCUT2D eigenvalue weighted by Crippen LogP contribution is -2.19. The number of nitrogens with zero attached hydrogens (tertiary/aromatic N) is 3. The van der Waals surface area contributed by atoms with E-state index in [0.29, 0.717) is 22.2 Å². The Kier molecular flexibility index (Phi) is 5.18. The van der Waals surface area contributed by atoms with E-state index in [1.165, 1.54) is 44.8 Å². The van der Waals surface area contributed by atoms with Crippen molar-refractivity contribution in [3.8, 4) is 0 Å². The monoisotopic (exact) mass is 400 g/mol. The molecule has 6 nitrogen and oxygen atoms in total. The van der Waals surface area contributed by atoms with Crippen LogP contribution in [0.15, 0.2) is 40.6 Å². The summed E-state index contributed by atoms with van der Waals surface area (Å²) in [7, 11) is 0. The second-order valence-corrected chi connectivity index (χ2v) is 8.21. The third-order valence-electron chi connectivity index (χ3n) is 4.58. The van der Waals surface area contributed by atoms with Crippen molar-refractivity contribution in [2.45, 2.75) is 19.1 Å². The van der Waals surface area contributed by atoms with Gasteiger partial charge in [0.1, 0.15) is 0 Å². The van der Waals surface area contributed by atoms with E-state index in [1.54, 1.807) is 6.20 Å². The maximum Gasteiger partial charge on any atom is 0.258 e. The largest absolute Gasteiger partial charge is 0.371 e. The lowest BCUT2D eigenvalue weighted by Gasteiger charge is -2.17. The van der Waals surface area contributed by atoms with Crippen LogP contribution in [0.4, 0.5) is 11.4 Å². The number of fused-ring (bicyclic) bond motifs is 2. The summed E-state index contributed by atoms with van der Waals surface area (Å²) in [6, 6.07) is 7.65. The quantitative estimate of drug-likeness (QED) is 0.689. The van der Waals surface area contributed by atoms with Gasteiger partial charge in [0.15, 0.2) is 4.96 Å². The lowest BCUT2D eigenvalue weighted by molar-refractivity contribution is -0.113. The number of likely N-dealkylation sites (N-methyl/N-ethyl adjacent to an activating group) is 1. The zero-order valence-electron chi connectivity index (χ0n) is 15.0. The summed E-state index contributed by atoms with van der Waals surface area (Å²) in [4.78, 5) is 31.7. The van der Waals surface area contributed by atoms with Crippen molar-refractivity contribution in [2.75, 3.05) is 29.1 Å². The molecule has 0 saturated heterocycles. The second kappa shape index (κ2) is 7.74. The highest BCUT2D eigenvalue weighted by atomic mass is 32.2. The van der Waals surface area contributed by atoms with Crippen LogP contribution in [0.25, 0.3) is 4.96 Å². The van der Waals surface area contributed by atoms with Crippen LogP contribution >= 0.6 is 23.1 Å². The molecule has 0 aliphatic carbocycles. The zero-order valence-corrected chi connectivity index (χ0v) is 16.6. The Morgan fingerprint density at radius 1 is 1.37 bits per heavy atom. The fraction of sp³-hybridized carbons (Fsp3) is 0.316. The number of carbonyl (C=O) groups excluding carboxylic acids is 1. The van der Waals surface area contributed by atoms with Crippen LogP contribution in [0, 0.1) is 0 Å². The van der Waals surface area contributed by atoms with Gasteiger partial charge in [0.25, 0.3) is 5.56 Å². The molecule has 1 amide bonds. The summed E-state index contributed by atoms with van der Waals surface area (Å²) in [5.41, 5.74) is 4.01. The first-order valence-electron chi connectivity index (χ1n) is 8.85. The second-order valence-electron chi connectivity index (χ2n) is 6.36. The number of anilines is 2. The van der Waals surface area contributed by atoms with E-state index in [4.69, 9.17) is 0 Å². The van der Waals surface area contributed by atoms with Crippen LogP contribution in [0.2, 0.25) is 0 Å². The molecule has 0 atom stereocenters. The van der Waals surface area contributed by atoms with Crippen molar-refractivity contribution in [1.82, 2.24) is 9.38 Å². The number of thioether (sulfide) groups is 1. The average molecular weight is 401 g/mol. The molecule has 27 heavy (non-hydrogen) atoms. The van der Waals surface area contributed by atoms with Gasteiger partial charge in [-0.1, -0.05) is 6.07 Å². The van der Waals surface area contributed by atoms with Crippen molar-refractivity contribution >= 4 is 45.3 Å². The van der Waals surface area contributed by atoms with Gasteiger partial charge in [-0.3, -0.25) is 14.0 Å². The highest BCUT2D eigenvalue weighted by Crippen LogP contribution is 2.30. The summed E-state index contributed by atoms with van der Waals surface area (Å²) < 4.78 is 1.53. The summed E-state index contributed by atoms with van der Waals surface area (Å²) in [6.45, 7) is 4.16. The van der Waals surface area contributed by atoms with Crippen LogP contribution in [0.1, 0.15) is 18.2 Å². The van der Waals surface area contributed by atoms with E-state index >= 15 is 0 Å². The summed E-state index contributed by atoms with van der Waals surface area (Å²) in [5, 5.41) is 4.81. The topological polar surface area (TPSA) is 66.7 Å². The maximum atomic E-state index is 12.3. The number of hydrogen-bond acceptors (Lipinski definition) is 6. The Labute approximate surface area is 165 Å². The molecule has 0 saturated carbocycles. The van der Waals surface area contributed by atoms with Crippen molar-refractivity contribution in [3.05, 3.63) is 57.5 Å². The van der Waals surface area contributed by atoms with E-state index in [0.717, 1.165) is 25.2 Å². The van der Waals surface area contributed by atoms with Gasteiger partial charge < -0.3 is 10.2 Å². The average Bonchev–Trinajstić information content (AvgIpc) is 3.28. The first-order valence-corrected chi connectivity index (χ1v) is 10.9. The van der Waals surface area contributed by atoms with Gasteiger partial charge in [-0.25, -0.2) is 4.98 Å². The maximum absolute atomic E-state index is 12.3. The Morgan fingerprint density at radius 3 is 3.11 bits per heavy atom. The van der Waals surface area contributed by atoms with Gasteiger partial charge in [0.2, 0.25) is 5.91 Å². The fourth-order valence-electron chi connectivity index (χ4n) is 3.26. The van der Waals surface area contributed by atoms with Crippen LogP contribution in [-0.2, 0) is 17.0 Å². The molecular formula is C19H20N4O2S2. The number of carbonyl (C=O) groups is 1. The normalized spacial score (nSPS) is 13.1. The molecule has 0 spiro atoms. The predicted octanol–water partition coefficient (Wildman–Crippen LogP) is 3.01. The van der Waals surface area contributed by atoms with E-state index in [2.05, 4.69) is 34.3 Å². The van der Waals surface area contributed by atoms with Crippen molar-refractivity contribution < 1.29 is 4.79 Å². The lowest BCUT2D eigenvalue weighted by atomic mass is 10.1. The Hall–Kier alpha value is -2.32. The number of thiazole rings is 1. The number of benzene rings is 1. The molecule has 1 aliphatic heterocycles. The van der Waals surface area contributed by atoms with Crippen LogP contribution < -0.4 is 15.8 Å². The predicted molar refractivity (Wildman–Crippen MR) is 112 cm³/mol. The van der Waals surface area contributed by atoms with Crippen molar-refractivity contribution in [1.29, 1.82) is 0 Å². The third kappa shape index (κ3) is 3.86. The van der Waals surface area contributed by atoms with Crippen molar-refractivity contribution in [2.24, 2.45) is 0 Å². The molecule has 1 aliphatic rings. The summed E-state index contributed by atoms with van der Waals surface area (Å²) >= 11 is 2.88. The first-order chi connectivity index (χ1) is 13.1. The van der Waals surface area contributed by atoms with Crippen LogP contribution in [0.3, 0.4) is 0 Å². The van der Waals surface area contributed by atoms with Crippen LogP contribution in [0.5, 0.6) is 0 Å². The van der Waals surface area contributed by atoms with E-state index in [9.17, 15) is 9.59 Å². The number of amides is 1. The zero-order chi connectivity index (χ0) is 18.8. The van der Waals surface area contributed by atoms with E-state index in [-0.39, 0.29) is 11.5 Å². The molecule has 8 heteroatoms. The molecule has 0 fully saturated rings. The molecular weight excluding hydrogens is 380 g/mol. The first kappa shape index (κ1) is 18.1. The Morgan fingerprint density at radius 2 is 2.26 bits per heavy atom. The number of aromatic nitrogens is 2. The van der Waals surface area contributed by atoms with Gasteiger partial charge >= 0.3 is 0 Å². The SMILES string of the molecule is CCN1CCc2ccc(NC(=O)CSCc3cc(=O)n4ccsc4n3)cc21. The molecule has 140 valence electrons. The van der Waals surface area contributed by atoms with Crippen molar-refractivity contribution in [3.63, 3.8) is 0 Å². The number of rotatable bonds is 6. The molecule has 1 aromatic carbocycles. The third-order valence-corrected chi connectivity index (χ3v) is 6.30. The van der Waals surface area contributed by atoms with Gasteiger partial charge in [-0.05, 0) is 31.0 Å². The molecule has 3 aromatic rings. The summed E-state index contributed by atoms with van der Waals surface area (Å²) in [5.74, 6) is 0.806. The van der Waals surface area contributed by atoms with Gasteiger partial charge in [-0.15, -0.1) is 23.1 Å². The highest BCUT2D eigenvalue weighted by molar-refractivity contribution is 7.99. The molecule has 1 N–H and O–H groups in total.